The number of nitrogens with zero attached hydrogens (tertiary/aromatic N) is 5. The van der Waals surface area contributed by atoms with Crippen molar-refractivity contribution in [2.45, 2.75) is 6.54 Å². The van der Waals surface area contributed by atoms with Crippen LogP contribution in [0.2, 0.25) is 0 Å². The molecule has 0 spiro atoms. The van der Waals surface area contributed by atoms with E-state index in [0.29, 0.717) is 23.1 Å². The van der Waals surface area contributed by atoms with Gasteiger partial charge in [-0.25, -0.2) is 4.68 Å². The van der Waals surface area contributed by atoms with Crippen LogP contribution in [-0.4, -0.2) is 51.0 Å². The molecule has 0 saturated carbocycles. The van der Waals surface area contributed by atoms with Crippen LogP contribution in [0, 0.1) is 5.92 Å². The summed E-state index contributed by atoms with van der Waals surface area (Å²) in [5, 5.41) is 8.45. The molecule has 0 bridgehead atoms. The Morgan fingerprint density at radius 2 is 1.91 bits per heavy atom. The van der Waals surface area contributed by atoms with E-state index in [2.05, 4.69) is 20.1 Å². The topological polar surface area (TPSA) is 112 Å². The summed E-state index contributed by atoms with van der Waals surface area (Å²) in [6, 6.07) is 17.6. The van der Waals surface area contributed by atoms with Crippen LogP contribution in [0.25, 0.3) is 28.5 Å². The first-order chi connectivity index (χ1) is 15.6. The Kier molecular flexibility index (Phi) is 5.16. The van der Waals surface area contributed by atoms with Crippen molar-refractivity contribution in [3.05, 3.63) is 66.4 Å². The van der Waals surface area contributed by atoms with Crippen LogP contribution < -0.4 is 5.73 Å². The average Bonchev–Trinajstić information content (AvgIpc) is 3.43. The molecular weight excluding hydrogens is 408 g/mol. The number of aromatic nitrogens is 4. The van der Waals surface area contributed by atoms with Crippen molar-refractivity contribution in [1.29, 1.82) is 0 Å². The van der Waals surface area contributed by atoms with Gasteiger partial charge in [0.2, 0.25) is 5.82 Å². The van der Waals surface area contributed by atoms with Crippen LogP contribution in [-0.2, 0) is 16.1 Å². The summed E-state index contributed by atoms with van der Waals surface area (Å²) in [6.07, 6.45) is 1.62. The third kappa shape index (κ3) is 3.74. The number of nitrogen functional groups attached to an aromatic ring is 1. The van der Waals surface area contributed by atoms with Gasteiger partial charge in [0.15, 0.2) is 0 Å². The van der Waals surface area contributed by atoms with E-state index in [0.717, 1.165) is 36.4 Å². The number of carbonyl (C=O) groups excluding carboxylic acids is 1. The second-order valence-electron chi connectivity index (χ2n) is 7.73. The zero-order valence-electron chi connectivity index (χ0n) is 17.5. The molecule has 9 nitrogen and oxygen atoms in total. The van der Waals surface area contributed by atoms with E-state index in [4.69, 9.17) is 15.0 Å². The van der Waals surface area contributed by atoms with E-state index in [9.17, 15) is 4.79 Å². The maximum atomic E-state index is 11.5. The van der Waals surface area contributed by atoms with Crippen molar-refractivity contribution in [2.24, 2.45) is 5.92 Å². The number of hydrogen-bond acceptors (Lipinski definition) is 8. The fraction of sp³-hybridized carbons (Fsp3) is 0.217. The van der Waals surface area contributed by atoms with Crippen LogP contribution in [0.3, 0.4) is 0 Å². The molecule has 1 aliphatic rings. The number of benzene rings is 2. The molecule has 162 valence electrons. The van der Waals surface area contributed by atoms with Crippen molar-refractivity contribution >= 4 is 11.8 Å². The minimum Gasteiger partial charge on any atom is -0.469 e. The van der Waals surface area contributed by atoms with Gasteiger partial charge in [-0.2, -0.15) is 10.1 Å². The molecule has 1 saturated heterocycles. The lowest BCUT2D eigenvalue weighted by Gasteiger charge is -2.37. The van der Waals surface area contributed by atoms with E-state index >= 15 is 0 Å². The highest BCUT2D eigenvalue weighted by Gasteiger charge is 2.33. The summed E-state index contributed by atoms with van der Waals surface area (Å²) in [4.78, 5) is 18.2. The quantitative estimate of drug-likeness (QED) is 0.465. The van der Waals surface area contributed by atoms with Crippen molar-refractivity contribution in [3.63, 3.8) is 0 Å². The monoisotopic (exact) mass is 430 g/mol. The number of rotatable bonds is 6. The molecular formula is C23H22N6O3. The molecule has 2 aromatic carbocycles. The number of hydrogen-bond donors (Lipinski definition) is 1. The standard InChI is InChI=1S/C23H22N6O3/c1-31-23(30)17-13-28(14-17)12-15-7-9-16(10-8-15)21-26-22(32-27-21)19-11-25-29(20(19)24)18-5-3-2-4-6-18/h2-11,17H,12-14,24H2,1H3. The maximum Gasteiger partial charge on any atom is 0.311 e. The maximum absolute atomic E-state index is 11.5. The molecule has 2 aromatic heterocycles. The first kappa shape index (κ1) is 20.0. The van der Waals surface area contributed by atoms with E-state index in [-0.39, 0.29) is 11.9 Å². The van der Waals surface area contributed by atoms with Crippen LogP contribution in [0.15, 0.2) is 65.3 Å². The molecule has 32 heavy (non-hydrogen) atoms. The van der Waals surface area contributed by atoms with Crippen molar-refractivity contribution in [2.75, 3.05) is 25.9 Å². The number of para-hydroxylation sites is 1. The van der Waals surface area contributed by atoms with Gasteiger partial charge in [-0.3, -0.25) is 9.69 Å². The number of ether oxygens (including phenoxy) is 1. The molecule has 4 aromatic rings. The number of methoxy groups -OCH3 is 1. The van der Waals surface area contributed by atoms with Crippen molar-refractivity contribution in [3.8, 4) is 28.5 Å². The van der Waals surface area contributed by atoms with Crippen molar-refractivity contribution < 1.29 is 14.1 Å². The van der Waals surface area contributed by atoms with Gasteiger partial charge >= 0.3 is 5.97 Å². The van der Waals surface area contributed by atoms with Gasteiger partial charge < -0.3 is 15.0 Å². The van der Waals surface area contributed by atoms with E-state index in [1.807, 2.05) is 54.6 Å². The molecule has 3 heterocycles. The first-order valence-corrected chi connectivity index (χ1v) is 10.2. The summed E-state index contributed by atoms with van der Waals surface area (Å²) >= 11 is 0. The first-order valence-electron chi connectivity index (χ1n) is 10.2. The molecule has 0 unspecified atom stereocenters. The smallest absolute Gasteiger partial charge is 0.311 e. The van der Waals surface area contributed by atoms with Crippen LogP contribution in [0.4, 0.5) is 5.82 Å². The van der Waals surface area contributed by atoms with Gasteiger partial charge in [-0.05, 0) is 17.7 Å². The molecule has 0 atom stereocenters. The van der Waals surface area contributed by atoms with Crippen LogP contribution >= 0.6 is 0 Å². The molecule has 1 fully saturated rings. The fourth-order valence-electron chi connectivity index (χ4n) is 3.78. The molecule has 1 aliphatic heterocycles. The van der Waals surface area contributed by atoms with Gasteiger partial charge in [0.1, 0.15) is 11.4 Å². The van der Waals surface area contributed by atoms with E-state index < -0.39 is 0 Å². The Bertz CT molecular complexity index is 1230. The summed E-state index contributed by atoms with van der Waals surface area (Å²) in [7, 11) is 1.43. The lowest BCUT2D eigenvalue weighted by atomic mass is 9.99. The van der Waals surface area contributed by atoms with Gasteiger partial charge in [0.05, 0.1) is 24.9 Å². The number of nitrogens with two attached hydrogens (primary N) is 1. The third-order valence-electron chi connectivity index (χ3n) is 5.57. The molecule has 2 N–H and O–H groups in total. The lowest BCUT2D eigenvalue weighted by Crippen LogP contribution is -2.49. The Hall–Kier alpha value is -3.98. The van der Waals surface area contributed by atoms with Gasteiger partial charge in [-0.1, -0.05) is 47.6 Å². The van der Waals surface area contributed by atoms with Crippen LogP contribution in [0.1, 0.15) is 5.56 Å². The normalized spacial score (nSPS) is 14.3. The molecule has 0 aliphatic carbocycles. The van der Waals surface area contributed by atoms with Gasteiger partial charge in [0.25, 0.3) is 5.89 Å². The number of esters is 1. The summed E-state index contributed by atoms with van der Waals surface area (Å²) in [5.41, 5.74) is 9.70. The Balaban J connectivity index is 1.27. The van der Waals surface area contributed by atoms with E-state index in [1.165, 1.54) is 7.11 Å². The van der Waals surface area contributed by atoms with Gasteiger partial charge in [0, 0.05) is 25.2 Å². The Morgan fingerprint density at radius 1 is 1.16 bits per heavy atom. The lowest BCUT2D eigenvalue weighted by molar-refractivity contribution is -0.151. The molecule has 0 amide bonds. The molecule has 0 radical (unpaired) electrons. The number of anilines is 1. The second kappa shape index (κ2) is 8.27. The largest absolute Gasteiger partial charge is 0.469 e. The van der Waals surface area contributed by atoms with E-state index in [1.54, 1.807) is 10.9 Å². The minimum atomic E-state index is -0.139. The predicted octanol–water partition coefficient (Wildman–Crippen LogP) is 2.78. The summed E-state index contributed by atoms with van der Waals surface area (Å²) in [5.74, 6) is 1.07. The van der Waals surface area contributed by atoms with Gasteiger partial charge in [-0.15, -0.1) is 0 Å². The Labute approximate surface area is 184 Å². The fourth-order valence-corrected chi connectivity index (χ4v) is 3.78. The average molecular weight is 430 g/mol. The molecule has 5 rings (SSSR count). The van der Waals surface area contributed by atoms with Crippen LogP contribution in [0.5, 0.6) is 0 Å². The second-order valence-corrected chi connectivity index (χ2v) is 7.73. The minimum absolute atomic E-state index is 0.0179. The highest BCUT2D eigenvalue weighted by molar-refractivity contribution is 5.74. The number of likely N-dealkylation sites (tertiary alicyclic amines) is 1. The third-order valence-corrected chi connectivity index (χ3v) is 5.57. The predicted molar refractivity (Wildman–Crippen MR) is 117 cm³/mol. The zero-order valence-corrected chi connectivity index (χ0v) is 17.5. The highest BCUT2D eigenvalue weighted by atomic mass is 16.5. The SMILES string of the molecule is COC(=O)C1CN(Cc2ccc(-c3noc(-c4cnn(-c5ccccc5)c4N)n3)cc2)C1. The highest BCUT2D eigenvalue weighted by Crippen LogP contribution is 2.28. The molecule has 9 heteroatoms. The summed E-state index contributed by atoms with van der Waals surface area (Å²) in [6.45, 7) is 2.22. The Morgan fingerprint density at radius 3 is 2.62 bits per heavy atom. The summed E-state index contributed by atoms with van der Waals surface area (Å²) < 4.78 is 11.9. The zero-order chi connectivity index (χ0) is 22.1. The van der Waals surface area contributed by atoms with Crippen molar-refractivity contribution in [1.82, 2.24) is 24.8 Å². The number of carbonyl (C=O) groups is 1.